The molecule has 6 N–H and O–H groups in total. The lowest BCUT2D eigenvalue weighted by Gasteiger charge is -2.14. The van der Waals surface area contributed by atoms with Gasteiger partial charge in [-0.1, -0.05) is 24.3 Å². The number of nitrogens with two attached hydrogens (primary N) is 2. The van der Waals surface area contributed by atoms with Gasteiger partial charge in [-0.05, 0) is 52.7 Å². The Morgan fingerprint density at radius 2 is 1.93 bits per heavy atom. The summed E-state index contributed by atoms with van der Waals surface area (Å²) in [6.45, 7) is 0.810. The van der Waals surface area contributed by atoms with Crippen LogP contribution in [-0.2, 0) is 6.54 Å². The molecule has 2 aromatic carbocycles. The molecule has 0 saturated heterocycles. The molecule has 3 amide bonds. The van der Waals surface area contributed by atoms with Gasteiger partial charge in [-0.15, -0.1) is 0 Å². The van der Waals surface area contributed by atoms with Crippen LogP contribution in [0.2, 0.25) is 0 Å². The fourth-order valence-electron chi connectivity index (χ4n) is 3.15. The van der Waals surface area contributed by atoms with Crippen molar-refractivity contribution in [2.45, 2.75) is 6.54 Å². The number of carbonyl (C=O) groups is 2. The number of primary amides is 2. The van der Waals surface area contributed by atoms with Gasteiger partial charge in [0.15, 0.2) is 5.69 Å². The van der Waals surface area contributed by atoms with Gasteiger partial charge in [0.05, 0.1) is 17.6 Å². The molecule has 4 rings (SSSR count). The molecule has 0 bridgehead atoms. The maximum absolute atomic E-state index is 11.6. The third kappa shape index (κ3) is 3.30. The molecule has 3 aromatic rings. The van der Waals surface area contributed by atoms with Crippen molar-refractivity contribution in [3.8, 4) is 16.8 Å². The number of nitrogens with one attached hydrogen (secondary N) is 2. The van der Waals surface area contributed by atoms with E-state index in [0.29, 0.717) is 5.69 Å². The number of hydrogen-bond acceptors (Lipinski definition) is 4. The highest BCUT2D eigenvalue weighted by molar-refractivity contribution is 6.00. The minimum absolute atomic E-state index is 0.0596. The Labute approximate surface area is 160 Å². The largest absolute Gasteiger partial charge is 0.387 e. The molecule has 0 spiro atoms. The van der Waals surface area contributed by atoms with Gasteiger partial charge in [0.25, 0.3) is 5.91 Å². The Balaban J connectivity index is 1.73. The summed E-state index contributed by atoms with van der Waals surface area (Å²) >= 11 is 0. The average molecular weight is 374 g/mol. The summed E-state index contributed by atoms with van der Waals surface area (Å²) in [6.07, 6.45) is 5.48. The number of anilines is 1. The number of fused-ring (bicyclic) bond motifs is 1. The van der Waals surface area contributed by atoms with Crippen LogP contribution in [-0.4, -0.2) is 21.7 Å². The van der Waals surface area contributed by atoms with E-state index in [2.05, 4.69) is 33.9 Å². The highest BCUT2D eigenvalue weighted by Crippen LogP contribution is 2.27. The van der Waals surface area contributed by atoms with Crippen LogP contribution in [0.25, 0.3) is 22.9 Å². The predicted octanol–water partition coefficient (Wildman–Crippen LogP) is 2.20. The first-order valence-corrected chi connectivity index (χ1v) is 8.61. The summed E-state index contributed by atoms with van der Waals surface area (Å²) in [7, 11) is 0. The number of carbonyl (C=O) groups excluding carboxylic acids is 2. The maximum Gasteiger partial charge on any atom is 0.316 e. The van der Waals surface area contributed by atoms with E-state index in [1.165, 1.54) is 22.0 Å². The summed E-state index contributed by atoms with van der Waals surface area (Å²) in [5.41, 5.74) is 15.8. The van der Waals surface area contributed by atoms with E-state index in [-0.39, 0.29) is 11.4 Å². The van der Waals surface area contributed by atoms with Gasteiger partial charge in [-0.25, -0.2) is 9.48 Å². The van der Waals surface area contributed by atoms with Crippen molar-refractivity contribution >= 4 is 23.7 Å². The molecule has 0 atom stereocenters. The SMILES string of the molecule is NC(=O)Nc1cn(-c2cccc(-c3ccc4c(c3)C=CNC4)c2)nc1C(N)=O. The molecule has 0 fully saturated rings. The van der Waals surface area contributed by atoms with Crippen molar-refractivity contribution in [2.75, 3.05) is 5.32 Å². The van der Waals surface area contributed by atoms with Gasteiger partial charge in [-0.3, -0.25) is 4.79 Å². The van der Waals surface area contributed by atoms with Crippen molar-refractivity contribution in [3.63, 3.8) is 0 Å². The van der Waals surface area contributed by atoms with E-state index in [9.17, 15) is 9.59 Å². The first kappa shape index (κ1) is 17.3. The monoisotopic (exact) mass is 374 g/mol. The van der Waals surface area contributed by atoms with Gasteiger partial charge >= 0.3 is 6.03 Å². The second kappa shape index (κ2) is 6.92. The van der Waals surface area contributed by atoms with Crippen LogP contribution in [0.5, 0.6) is 0 Å². The number of hydrogen-bond donors (Lipinski definition) is 4. The zero-order valence-electron chi connectivity index (χ0n) is 14.8. The van der Waals surface area contributed by atoms with Crippen LogP contribution < -0.4 is 22.1 Å². The molecule has 0 aliphatic carbocycles. The van der Waals surface area contributed by atoms with E-state index in [0.717, 1.165) is 17.7 Å². The van der Waals surface area contributed by atoms with Crippen LogP contribution in [0.15, 0.2) is 54.9 Å². The highest BCUT2D eigenvalue weighted by Gasteiger charge is 2.16. The smallest absolute Gasteiger partial charge is 0.316 e. The Kier molecular flexibility index (Phi) is 4.29. The molecule has 1 aliphatic rings. The quantitative estimate of drug-likeness (QED) is 0.558. The van der Waals surface area contributed by atoms with Crippen molar-refractivity contribution in [2.24, 2.45) is 11.5 Å². The van der Waals surface area contributed by atoms with Crippen LogP contribution in [0.1, 0.15) is 21.6 Å². The summed E-state index contributed by atoms with van der Waals surface area (Å²) < 4.78 is 1.48. The van der Waals surface area contributed by atoms with Crippen molar-refractivity contribution in [1.29, 1.82) is 0 Å². The average Bonchev–Trinajstić information content (AvgIpc) is 3.11. The lowest BCUT2D eigenvalue weighted by Crippen LogP contribution is -2.22. The maximum atomic E-state index is 11.6. The number of urea groups is 1. The molecule has 1 aliphatic heterocycles. The minimum Gasteiger partial charge on any atom is -0.387 e. The molecule has 8 heteroatoms. The van der Waals surface area contributed by atoms with E-state index >= 15 is 0 Å². The highest BCUT2D eigenvalue weighted by atomic mass is 16.2. The Bertz CT molecular complexity index is 1120. The molecule has 0 radical (unpaired) electrons. The number of rotatable bonds is 4. The Morgan fingerprint density at radius 3 is 2.71 bits per heavy atom. The van der Waals surface area contributed by atoms with E-state index in [1.54, 1.807) is 0 Å². The van der Waals surface area contributed by atoms with E-state index in [1.807, 2.05) is 36.5 Å². The van der Waals surface area contributed by atoms with Gasteiger partial charge in [0.2, 0.25) is 0 Å². The third-order valence-electron chi connectivity index (χ3n) is 4.47. The van der Waals surface area contributed by atoms with Gasteiger partial charge in [0, 0.05) is 6.54 Å². The Morgan fingerprint density at radius 1 is 1.11 bits per heavy atom. The number of benzene rings is 2. The third-order valence-corrected chi connectivity index (χ3v) is 4.47. The number of aromatic nitrogens is 2. The lowest BCUT2D eigenvalue weighted by molar-refractivity contribution is 0.0996. The van der Waals surface area contributed by atoms with Crippen molar-refractivity contribution in [1.82, 2.24) is 15.1 Å². The molecule has 8 nitrogen and oxygen atoms in total. The van der Waals surface area contributed by atoms with Crippen LogP contribution in [0.4, 0.5) is 10.5 Å². The molecule has 2 heterocycles. The predicted molar refractivity (Wildman–Crippen MR) is 107 cm³/mol. The fraction of sp³-hybridized carbons (Fsp3) is 0.0500. The first-order chi connectivity index (χ1) is 13.5. The van der Waals surface area contributed by atoms with Crippen molar-refractivity contribution in [3.05, 3.63) is 71.7 Å². The topological polar surface area (TPSA) is 128 Å². The van der Waals surface area contributed by atoms with Crippen LogP contribution >= 0.6 is 0 Å². The lowest BCUT2D eigenvalue weighted by atomic mass is 9.97. The second-order valence-corrected chi connectivity index (χ2v) is 6.37. The number of amides is 3. The fourth-order valence-corrected chi connectivity index (χ4v) is 3.15. The van der Waals surface area contributed by atoms with Crippen LogP contribution in [0, 0.1) is 0 Å². The molecule has 0 saturated carbocycles. The molecule has 0 unspecified atom stereocenters. The zero-order chi connectivity index (χ0) is 19.7. The Hall–Kier alpha value is -4.07. The summed E-state index contributed by atoms with van der Waals surface area (Å²) in [4.78, 5) is 22.8. The van der Waals surface area contributed by atoms with Crippen LogP contribution in [0.3, 0.4) is 0 Å². The summed E-state index contributed by atoms with van der Waals surface area (Å²) in [5.74, 6) is -0.756. The molecule has 28 heavy (non-hydrogen) atoms. The molecular formula is C20H18N6O2. The molecule has 1 aromatic heterocycles. The minimum atomic E-state index is -0.799. The second-order valence-electron chi connectivity index (χ2n) is 6.37. The summed E-state index contributed by atoms with van der Waals surface area (Å²) in [6, 6.07) is 13.2. The summed E-state index contributed by atoms with van der Waals surface area (Å²) in [5, 5.41) is 9.75. The molecule has 140 valence electrons. The van der Waals surface area contributed by atoms with E-state index in [4.69, 9.17) is 11.5 Å². The van der Waals surface area contributed by atoms with Gasteiger partial charge < -0.3 is 22.1 Å². The van der Waals surface area contributed by atoms with Gasteiger partial charge in [0.1, 0.15) is 0 Å². The zero-order valence-corrected chi connectivity index (χ0v) is 14.8. The van der Waals surface area contributed by atoms with Crippen molar-refractivity contribution < 1.29 is 9.59 Å². The standard InChI is InChI=1S/C20H18N6O2/c21-19(27)18-17(24-20(22)28)11-26(25-18)16-3-1-2-12(9-16)13-4-5-15-10-23-7-6-14(15)8-13/h1-9,11,23H,10H2,(H2,21,27)(H3,22,24,28). The normalized spacial score (nSPS) is 12.1. The molecular weight excluding hydrogens is 356 g/mol. The van der Waals surface area contributed by atoms with E-state index < -0.39 is 11.9 Å². The van der Waals surface area contributed by atoms with Gasteiger partial charge in [-0.2, -0.15) is 5.10 Å². The number of nitrogens with zero attached hydrogens (tertiary/aromatic N) is 2. The first-order valence-electron chi connectivity index (χ1n) is 8.61.